The summed E-state index contributed by atoms with van der Waals surface area (Å²) in [5.41, 5.74) is 3.61. The van der Waals surface area contributed by atoms with Gasteiger partial charge in [0.25, 0.3) is 11.8 Å². The largest absolute Gasteiger partial charge is 0.489 e. The molecular formula is C60H68N6O7. The van der Waals surface area contributed by atoms with Crippen LogP contribution in [0.15, 0.2) is 121 Å². The van der Waals surface area contributed by atoms with E-state index in [2.05, 4.69) is 10.6 Å². The first-order valence-corrected chi connectivity index (χ1v) is 26.5. The molecule has 2 atom stereocenters. The fourth-order valence-electron chi connectivity index (χ4n) is 11.9. The fraction of sp³-hybridized carbons (Fsp3) is 0.400. The minimum absolute atomic E-state index is 0.0685. The second kappa shape index (κ2) is 21.8. The number of hydrogen-bond donors (Lipinski definition) is 2. The zero-order valence-corrected chi connectivity index (χ0v) is 42.7. The number of anilines is 3. The molecule has 2 N–H and O–H groups in total. The van der Waals surface area contributed by atoms with E-state index in [-0.39, 0.29) is 6.54 Å². The SMILES string of the molecule is CCc1cccc(CC)c1NC(=O)C(C(C(=O)Nc1c(CC)cccc1CC)N1C(=O)N(c2ccc(OCc3ccccc3)cc2)C2(CCCCC2)C1=O)N1C(=O)N(Cc2ccccc2)C2(CCCCC2)C1=O. The lowest BCUT2D eigenvalue weighted by Gasteiger charge is -2.38. The summed E-state index contributed by atoms with van der Waals surface area (Å²) in [6, 6.07) is 32.0. The highest BCUT2D eigenvalue weighted by Gasteiger charge is 2.66. The number of urea groups is 2. The zero-order chi connectivity index (χ0) is 51.3. The Hall–Kier alpha value is -7.28. The molecule has 380 valence electrons. The molecular weight excluding hydrogens is 917 g/mol. The van der Waals surface area contributed by atoms with Crippen molar-refractivity contribution < 1.29 is 33.5 Å². The summed E-state index contributed by atoms with van der Waals surface area (Å²) in [5, 5.41) is 6.27. The third kappa shape index (κ3) is 9.50. The Kier molecular flexibility index (Phi) is 15.1. The van der Waals surface area contributed by atoms with Crippen molar-refractivity contribution in [1.29, 1.82) is 0 Å². The van der Waals surface area contributed by atoms with E-state index in [0.717, 1.165) is 56.0 Å². The van der Waals surface area contributed by atoms with Gasteiger partial charge in [-0.1, -0.05) is 163 Å². The van der Waals surface area contributed by atoms with Crippen LogP contribution in [0, 0.1) is 0 Å². The first kappa shape index (κ1) is 50.7. The molecule has 2 saturated heterocycles. The number of aryl methyl sites for hydroxylation is 4. The van der Waals surface area contributed by atoms with E-state index in [1.165, 1.54) is 4.90 Å². The van der Waals surface area contributed by atoms with Gasteiger partial charge in [-0.3, -0.25) is 24.1 Å². The molecule has 5 aromatic rings. The van der Waals surface area contributed by atoms with Gasteiger partial charge in [0.15, 0.2) is 12.1 Å². The van der Waals surface area contributed by atoms with E-state index in [4.69, 9.17) is 4.74 Å². The molecule has 2 heterocycles. The summed E-state index contributed by atoms with van der Waals surface area (Å²) in [6.07, 6.45) is 7.69. The van der Waals surface area contributed by atoms with Crippen molar-refractivity contribution in [3.8, 4) is 5.75 Å². The number of nitrogens with zero attached hydrogens (tertiary/aromatic N) is 4. The Morgan fingerprint density at radius 3 is 1.40 bits per heavy atom. The molecule has 5 aromatic carbocycles. The Bertz CT molecular complexity index is 2800. The van der Waals surface area contributed by atoms with Crippen molar-refractivity contribution in [2.75, 3.05) is 15.5 Å². The quantitative estimate of drug-likeness (QED) is 0.0881. The molecule has 4 aliphatic rings. The van der Waals surface area contributed by atoms with Gasteiger partial charge >= 0.3 is 12.1 Å². The second-order valence-corrected chi connectivity index (χ2v) is 20.0. The van der Waals surface area contributed by atoms with Crippen LogP contribution in [0.4, 0.5) is 26.7 Å². The van der Waals surface area contributed by atoms with E-state index in [1.807, 2.05) is 125 Å². The number of carbonyl (C=O) groups is 6. The topological polar surface area (TPSA) is 149 Å². The van der Waals surface area contributed by atoms with Crippen molar-refractivity contribution in [2.24, 2.45) is 0 Å². The Balaban J connectivity index is 1.23. The lowest BCUT2D eigenvalue weighted by Crippen LogP contribution is -2.65. The number of carbonyl (C=O) groups excluding carboxylic acids is 6. The molecule has 9 rings (SSSR count). The normalized spacial score (nSPS) is 18.1. The summed E-state index contributed by atoms with van der Waals surface area (Å²) in [7, 11) is 0. The number of rotatable bonds is 17. The maximum atomic E-state index is 16.1. The summed E-state index contributed by atoms with van der Waals surface area (Å²) < 4.78 is 6.14. The first-order chi connectivity index (χ1) is 35.5. The summed E-state index contributed by atoms with van der Waals surface area (Å²) in [6.45, 7) is 8.27. The van der Waals surface area contributed by atoms with Gasteiger partial charge in [-0.25, -0.2) is 19.4 Å². The molecule has 2 saturated carbocycles. The molecule has 13 nitrogen and oxygen atoms in total. The maximum Gasteiger partial charge on any atom is 0.333 e. The van der Waals surface area contributed by atoms with Crippen LogP contribution in [-0.2, 0) is 58.0 Å². The maximum absolute atomic E-state index is 16.1. The Labute approximate surface area is 429 Å². The summed E-state index contributed by atoms with van der Waals surface area (Å²) >= 11 is 0. The van der Waals surface area contributed by atoms with Crippen LogP contribution in [0.3, 0.4) is 0 Å². The first-order valence-electron chi connectivity index (χ1n) is 26.5. The van der Waals surface area contributed by atoms with E-state index in [0.29, 0.717) is 106 Å². The van der Waals surface area contributed by atoms with Crippen molar-refractivity contribution in [2.45, 2.75) is 154 Å². The van der Waals surface area contributed by atoms with E-state index in [1.54, 1.807) is 29.2 Å². The number of imide groups is 2. The van der Waals surface area contributed by atoms with Gasteiger partial charge in [0.05, 0.1) is 0 Å². The van der Waals surface area contributed by atoms with Crippen molar-refractivity contribution >= 4 is 52.8 Å². The van der Waals surface area contributed by atoms with Gasteiger partial charge in [0.1, 0.15) is 23.4 Å². The summed E-state index contributed by atoms with van der Waals surface area (Å²) in [5.74, 6) is -2.45. The van der Waals surface area contributed by atoms with Gasteiger partial charge in [0.2, 0.25) is 11.8 Å². The number of para-hydroxylation sites is 2. The third-order valence-electron chi connectivity index (χ3n) is 15.8. The van der Waals surface area contributed by atoms with Gasteiger partial charge in [0, 0.05) is 23.6 Å². The van der Waals surface area contributed by atoms with Crippen molar-refractivity contribution in [3.05, 3.63) is 155 Å². The highest BCUT2D eigenvalue weighted by Crippen LogP contribution is 2.47. The van der Waals surface area contributed by atoms with Crippen LogP contribution < -0.4 is 20.3 Å². The minimum Gasteiger partial charge on any atom is -0.489 e. The Morgan fingerprint density at radius 1 is 0.507 bits per heavy atom. The van der Waals surface area contributed by atoms with E-state index < -0.39 is 58.9 Å². The molecule has 73 heavy (non-hydrogen) atoms. The minimum atomic E-state index is -2.02. The summed E-state index contributed by atoms with van der Waals surface area (Å²) in [4.78, 5) is 101. The molecule has 0 aromatic heterocycles. The molecule has 13 heteroatoms. The molecule has 8 amide bonds. The second-order valence-electron chi connectivity index (χ2n) is 20.0. The lowest BCUT2D eigenvalue weighted by molar-refractivity contribution is -0.146. The van der Waals surface area contributed by atoms with Crippen LogP contribution in [0.2, 0.25) is 0 Å². The molecule has 2 spiro atoms. The average Bonchev–Trinajstić information content (AvgIpc) is 3.73. The third-order valence-corrected chi connectivity index (χ3v) is 15.8. The van der Waals surface area contributed by atoms with E-state index >= 15 is 28.8 Å². The van der Waals surface area contributed by atoms with Crippen LogP contribution in [0.1, 0.15) is 125 Å². The van der Waals surface area contributed by atoms with Gasteiger partial charge in [-0.15, -0.1) is 0 Å². The number of hydrogen-bond acceptors (Lipinski definition) is 7. The zero-order valence-electron chi connectivity index (χ0n) is 42.7. The number of amides is 8. The lowest BCUT2D eigenvalue weighted by atomic mass is 9.79. The predicted molar refractivity (Wildman–Crippen MR) is 283 cm³/mol. The van der Waals surface area contributed by atoms with E-state index in [9.17, 15) is 0 Å². The van der Waals surface area contributed by atoms with Crippen LogP contribution in [0.25, 0.3) is 0 Å². The molecule has 0 radical (unpaired) electrons. The molecule has 0 bridgehead atoms. The standard InChI is InChI=1S/C60H68N6O7/c1-5-43-27-21-28-44(6-2)49(43)61-53(67)51(64-55(69)59(35-17-11-18-36-59)63(57(64)71)39-41-23-13-9-14-24-41)52(54(68)62-50-45(7-3)29-22-30-46(50)8-4)65-56(70)60(37-19-12-20-38-60)66(58(65)72)47-31-33-48(34-32-47)73-40-42-25-15-10-16-26-42/h9-10,13-16,21-34,51-52H,5-8,11-12,17-20,35-40H2,1-4H3,(H,61,67)(H,62,68). The smallest absolute Gasteiger partial charge is 0.333 e. The van der Waals surface area contributed by atoms with Gasteiger partial charge in [-0.05, 0) is 109 Å². The molecule has 2 unspecified atom stereocenters. The fourth-order valence-corrected chi connectivity index (χ4v) is 11.9. The average molecular weight is 985 g/mol. The van der Waals surface area contributed by atoms with Crippen molar-refractivity contribution in [3.63, 3.8) is 0 Å². The van der Waals surface area contributed by atoms with Crippen LogP contribution >= 0.6 is 0 Å². The predicted octanol–water partition coefficient (Wildman–Crippen LogP) is 11.2. The van der Waals surface area contributed by atoms with Gasteiger partial charge in [-0.2, -0.15) is 0 Å². The monoisotopic (exact) mass is 985 g/mol. The Morgan fingerprint density at radius 2 is 0.932 bits per heavy atom. The molecule has 2 aliphatic carbocycles. The number of nitrogens with one attached hydrogen (secondary N) is 2. The molecule has 2 aliphatic heterocycles. The van der Waals surface area contributed by atoms with Gasteiger partial charge < -0.3 is 20.3 Å². The van der Waals surface area contributed by atoms with Crippen molar-refractivity contribution in [1.82, 2.24) is 14.7 Å². The van der Waals surface area contributed by atoms with Crippen LogP contribution in [0.5, 0.6) is 5.75 Å². The molecule has 4 fully saturated rings. The highest BCUT2D eigenvalue weighted by molar-refractivity contribution is 6.21. The highest BCUT2D eigenvalue weighted by atomic mass is 16.5. The van der Waals surface area contributed by atoms with Crippen LogP contribution in [-0.4, -0.2) is 73.6 Å². The number of ether oxygens (including phenoxy) is 1. The number of benzene rings is 5.